The summed E-state index contributed by atoms with van der Waals surface area (Å²) in [4.78, 5) is 45.3. The Morgan fingerprint density at radius 2 is 1.67 bits per heavy atom. The molecule has 12 nitrogen and oxygen atoms in total. The number of carboxylic acids is 3. The monoisotopic (exact) mass is 502 g/mol. The normalized spacial score (nSPS) is 11.2. The Morgan fingerprint density at radius 1 is 1.00 bits per heavy atom. The van der Waals surface area contributed by atoms with Gasteiger partial charge in [0.2, 0.25) is 0 Å². The van der Waals surface area contributed by atoms with Crippen LogP contribution in [-0.4, -0.2) is 84.0 Å². The quantitative estimate of drug-likeness (QED) is 0.214. The maximum Gasteiger partial charge on any atom is 0.336 e. The first kappa shape index (κ1) is 28.4. The summed E-state index contributed by atoms with van der Waals surface area (Å²) < 4.78 is 5.17. The van der Waals surface area contributed by atoms with Crippen molar-refractivity contribution in [3.63, 3.8) is 0 Å². The summed E-state index contributed by atoms with van der Waals surface area (Å²) in [5, 5.41) is 33.8. The van der Waals surface area contributed by atoms with Gasteiger partial charge in [-0.1, -0.05) is 18.2 Å². The molecule has 0 bridgehead atoms. The Kier molecular flexibility index (Phi) is 10.9. The van der Waals surface area contributed by atoms with Crippen molar-refractivity contribution in [3.05, 3.63) is 60.2 Å². The molecule has 2 heterocycles. The number of ether oxygens (including phenoxy) is 1. The molecule has 0 saturated heterocycles. The molecular formula is C24H30N4O8. The number of fused-ring (bicyclic) bond motifs is 1. The van der Waals surface area contributed by atoms with E-state index in [1.54, 1.807) is 7.11 Å². The molecule has 0 spiro atoms. The van der Waals surface area contributed by atoms with Crippen LogP contribution in [0.5, 0.6) is 0 Å². The molecular weight excluding hydrogens is 472 g/mol. The summed E-state index contributed by atoms with van der Waals surface area (Å²) in [6, 6.07) is 14.1. The minimum atomic E-state index is -2.74. The first-order valence-electron chi connectivity index (χ1n) is 11.1. The van der Waals surface area contributed by atoms with Gasteiger partial charge in [-0.25, -0.2) is 9.78 Å². The molecule has 0 atom stereocenters. The summed E-state index contributed by atoms with van der Waals surface area (Å²) in [5.74, 6) is -4.03. The fourth-order valence-corrected chi connectivity index (χ4v) is 3.37. The van der Waals surface area contributed by atoms with E-state index in [0.717, 1.165) is 55.2 Å². The first-order chi connectivity index (χ1) is 17.1. The van der Waals surface area contributed by atoms with Crippen molar-refractivity contribution in [1.29, 1.82) is 0 Å². The van der Waals surface area contributed by atoms with Crippen molar-refractivity contribution in [2.45, 2.75) is 38.0 Å². The van der Waals surface area contributed by atoms with Crippen molar-refractivity contribution < 1.29 is 39.5 Å². The molecule has 5 N–H and O–H groups in total. The molecule has 0 aliphatic heterocycles. The highest BCUT2D eigenvalue weighted by atomic mass is 16.5. The number of benzene rings is 1. The largest absolute Gasteiger partial charge is 0.481 e. The Labute approximate surface area is 207 Å². The predicted molar refractivity (Wildman–Crippen MR) is 128 cm³/mol. The molecule has 12 heteroatoms. The molecule has 0 aliphatic carbocycles. The van der Waals surface area contributed by atoms with Crippen LogP contribution in [0.25, 0.3) is 11.0 Å². The predicted octanol–water partition coefficient (Wildman–Crippen LogP) is 1.75. The Hall–Kier alpha value is -3.87. The number of H-pyrrole nitrogens is 1. The summed E-state index contributed by atoms with van der Waals surface area (Å²) >= 11 is 0. The lowest BCUT2D eigenvalue weighted by Crippen LogP contribution is -2.42. The molecule has 3 aromatic rings. The fraction of sp³-hybridized carbons (Fsp3) is 0.375. The van der Waals surface area contributed by atoms with Gasteiger partial charge >= 0.3 is 17.9 Å². The van der Waals surface area contributed by atoms with Crippen molar-refractivity contribution in [2.75, 3.05) is 20.3 Å². The number of hydrogen-bond acceptors (Lipinski definition) is 8. The number of methoxy groups -OCH3 is 1. The lowest BCUT2D eigenvalue weighted by molar-refractivity contribution is -0.170. The minimum Gasteiger partial charge on any atom is -0.481 e. The number of rotatable bonds is 13. The number of nitrogens with zero attached hydrogens (tertiary/aromatic N) is 3. The van der Waals surface area contributed by atoms with Crippen LogP contribution in [0, 0.1) is 0 Å². The third-order valence-corrected chi connectivity index (χ3v) is 5.03. The van der Waals surface area contributed by atoms with Gasteiger partial charge in [-0.05, 0) is 30.7 Å². The van der Waals surface area contributed by atoms with Gasteiger partial charge < -0.3 is 30.1 Å². The zero-order chi connectivity index (χ0) is 26.6. The maximum atomic E-state index is 10.3. The molecule has 2 aromatic heterocycles. The van der Waals surface area contributed by atoms with Crippen molar-refractivity contribution in [2.24, 2.45) is 0 Å². The Balaban J connectivity index is 0.000000302. The van der Waals surface area contributed by atoms with E-state index in [1.807, 2.05) is 36.5 Å². The van der Waals surface area contributed by atoms with E-state index < -0.39 is 36.4 Å². The van der Waals surface area contributed by atoms with E-state index >= 15 is 0 Å². The lowest BCUT2D eigenvalue weighted by Gasteiger charge is -2.20. The van der Waals surface area contributed by atoms with Gasteiger partial charge in [-0.3, -0.25) is 19.5 Å². The number of aliphatic carboxylic acids is 3. The van der Waals surface area contributed by atoms with Crippen LogP contribution >= 0.6 is 0 Å². The van der Waals surface area contributed by atoms with Crippen LogP contribution in [-0.2, 0) is 32.2 Å². The number of imidazole rings is 1. The molecule has 194 valence electrons. The van der Waals surface area contributed by atoms with Gasteiger partial charge in [-0.15, -0.1) is 0 Å². The second kappa shape index (κ2) is 13.9. The number of carbonyl (C=O) groups is 3. The second-order valence-corrected chi connectivity index (χ2v) is 8.06. The van der Waals surface area contributed by atoms with Crippen molar-refractivity contribution >= 4 is 28.9 Å². The van der Waals surface area contributed by atoms with E-state index in [0.29, 0.717) is 0 Å². The molecule has 0 fully saturated rings. The third kappa shape index (κ3) is 9.41. The molecule has 0 saturated carbocycles. The molecule has 0 unspecified atom stereocenters. The van der Waals surface area contributed by atoms with Crippen LogP contribution in [0.1, 0.15) is 30.8 Å². The van der Waals surface area contributed by atoms with Crippen LogP contribution in [0.15, 0.2) is 48.7 Å². The standard InChI is InChI=1S/C18H22N4O.C6H8O7/c1-23-12-6-11-22(13-15-7-4-5-10-19-15)14-18-20-16-8-2-3-9-17(16)21-18;7-3(8)1-6(13,5(11)12)2-4(9)10/h2-5,7-10H,6,11-14H2,1H3,(H,20,21);13H,1-2H2,(H,7,8)(H,9,10)(H,11,12). The number of hydrogen-bond donors (Lipinski definition) is 5. The molecule has 36 heavy (non-hydrogen) atoms. The second-order valence-electron chi connectivity index (χ2n) is 8.06. The molecule has 0 radical (unpaired) electrons. The molecule has 0 aliphatic rings. The lowest BCUT2D eigenvalue weighted by atomic mass is 9.96. The van der Waals surface area contributed by atoms with Gasteiger partial charge in [0.1, 0.15) is 5.82 Å². The molecule has 1 aromatic carbocycles. The fourth-order valence-electron chi connectivity index (χ4n) is 3.37. The molecule has 0 amide bonds. The molecule has 3 rings (SSSR count). The van der Waals surface area contributed by atoms with Crippen LogP contribution in [0.3, 0.4) is 0 Å². The SMILES string of the molecule is COCCCN(Cc1ccccn1)Cc1nc2ccccc2[nH]1.O=C(O)CC(O)(CC(=O)O)C(=O)O. The van der Waals surface area contributed by atoms with Crippen molar-refractivity contribution in [1.82, 2.24) is 19.9 Å². The number of aromatic nitrogens is 3. The van der Waals surface area contributed by atoms with Crippen LogP contribution in [0.4, 0.5) is 0 Å². The Bertz CT molecular complexity index is 1090. The summed E-state index contributed by atoms with van der Waals surface area (Å²) in [5.41, 5.74) is 0.424. The van der Waals surface area contributed by atoms with E-state index in [1.165, 1.54) is 0 Å². The minimum absolute atomic E-state index is 0.763. The average molecular weight is 503 g/mol. The summed E-state index contributed by atoms with van der Waals surface area (Å²) in [6.07, 6.45) is 0.538. The summed E-state index contributed by atoms with van der Waals surface area (Å²) in [7, 11) is 1.74. The van der Waals surface area contributed by atoms with E-state index in [9.17, 15) is 14.4 Å². The summed E-state index contributed by atoms with van der Waals surface area (Å²) in [6.45, 7) is 3.29. The number of carboxylic acid groups (broad SMARTS) is 3. The van der Waals surface area contributed by atoms with Gasteiger partial charge in [0, 0.05) is 33.0 Å². The number of pyridine rings is 1. The maximum absolute atomic E-state index is 10.3. The van der Waals surface area contributed by atoms with Gasteiger partial charge in [0.25, 0.3) is 0 Å². The first-order valence-corrected chi connectivity index (χ1v) is 11.1. The number of para-hydroxylation sites is 2. The Morgan fingerprint density at radius 3 is 2.22 bits per heavy atom. The smallest absolute Gasteiger partial charge is 0.336 e. The van der Waals surface area contributed by atoms with E-state index in [4.69, 9.17) is 25.2 Å². The number of aliphatic hydroxyl groups is 1. The highest BCUT2D eigenvalue weighted by Crippen LogP contribution is 2.16. The third-order valence-electron chi connectivity index (χ3n) is 5.03. The zero-order valence-corrected chi connectivity index (χ0v) is 19.8. The van der Waals surface area contributed by atoms with E-state index in [-0.39, 0.29) is 0 Å². The highest BCUT2D eigenvalue weighted by molar-refractivity contribution is 5.88. The number of aromatic amines is 1. The zero-order valence-electron chi connectivity index (χ0n) is 19.8. The van der Waals surface area contributed by atoms with Gasteiger partial charge in [-0.2, -0.15) is 0 Å². The average Bonchev–Trinajstić information content (AvgIpc) is 3.21. The van der Waals surface area contributed by atoms with Crippen molar-refractivity contribution in [3.8, 4) is 0 Å². The highest BCUT2D eigenvalue weighted by Gasteiger charge is 2.40. The van der Waals surface area contributed by atoms with Crippen LogP contribution < -0.4 is 0 Å². The number of nitrogens with one attached hydrogen (secondary N) is 1. The van der Waals surface area contributed by atoms with Gasteiger partial charge in [0.05, 0.1) is 36.1 Å². The topological polar surface area (TPSA) is 186 Å². The van der Waals surface area contributed by atoms with Gasteiger partial charge in [0.15, 0.2) is 5.60 Å². The van der Waals surface area contributed by atoms with Crippen LogP contribution in [0.2, 0.25) is 0 Å². The van der Waals surface area contributed by atoms with E-state index in [2.05, 4.69) is 32.0 Å².